The van der Waals surface area contributed by atoms with Crippen molar-refractivity contribution in [2.75, 3.05) is 59.4 Å². The normalized spacial score (nSPS) is 14.8. The number of hydrogen-bond donors (Lipinski definition) is 0. The van der Waals surface area contributed by atoms with Crippen molar-refractivity contribution in [3.63, 3.8) is 0 Å². The molecule has 0 saturated carbocycles. The summed E-state index contributed by atoms with van der Waals surface area (Å²) in [6.07, 6.45) is 7.97. The fourth-order valence-electron chi connectivity index (χ4n) is 5.12. The quantitative estimate of drug-likeness (QED) is 0.328. The number of likely N-dealkylation sites (tertiary alicyclic amines) is 1. The molecule has 200 valence electrons. The van der Waals surface area contributed by atoms with E-state index >= 15 is 0 Å². The van der Waals surface area contributed by atoms with Crippen molar-refractivity contribution in [2.45, 2.75) is 18.9 Å². The molecule has 0 aliphatic carbocycles. The van der Waals surface area contributed by atoms with Crippen molar-refractivity contribution in [1.82, 2.24) is 29.5 Å². The molecule has 0 amide bonds. The summed E-state index contributed by atoms with van der Waals surface area (Å²) in [7, 11) is 9.63. The molecule has 0 bridgehead atoms. The van der Waals surface area contributed by atoms with Gasteiger partial charge in [0.2, 0.25) is 0 Å². The molecule has 1 aliphatic heterocycles. The van der Waals surface area contributed by atoms with Gasteiger partial charge in [-0.15, -0.1) is 0 Å². The van der Waals surface area contributed by atoms with Crippen molar-refractivity contribution in [2.24, 2.45) is 7.05 Å². The summed E-state index contributed by atoms with van der Waals surface area (Å²) >= 11 is 0. The second kappa shape index (κ2) is 11.4. The van der Waals surface area contributed by atoms with Gasteiger partial charge in [0, 0.05) is 67.5 Å². The van der Waals surface area contributed by atoms with Gasteiger partial charge in [0.05, 0.1) is 43.3 Å². The number of aryl methyl sites for hydroxylation is 1. The summed E-state index contributed by atoms with van der Waals surface area (Å²) in [6.45, 7) is 3.99. The Kier molecular flexibility index (Phi) is 7.76. The average Bonchev–Trinajstić information content (AvgIpc) is 3.39. The number of methoxy groups -OCH3 is 2. The van der Waals surface area contributed by atoms with E-state index in [1.807, 2.05) is 31.6 Å². The van der Waals surface area contributed by atoms with E-state index in [1.165, 1.54) is 12.8 Å². The Labute approximate surface area is 224 Å². The first kappa shape index (κ1) is 25.9. The number of ether oxygens (including phenoxy) is 2. The highest BCUT2D eigenvalue weighted by Gasteiger charge is 2.22. The number of aromatic nitrogens is 4. The zero-order valence-corrected chi connectivity index (χ0v) is 23.0. The smallest absolute Gasteiger partial charge is 0.124 e. The van der Waals surface area contributed by atoms with E-state index in [4.69, 9.17) is 14.5 Å². The summed E-state index contributed by atoms with van der Waals surface area (Å²) in [5.74, 6) is 1.52. The van der Waals surface area contributed by atoms with E-state index in [0.717, 1.165) is 71.3 Å². The second-order valence-corrected chi connectivity index (χ2v) is 10.1. The molecule has 38 heavy (non-hydrogen) atoms. The van der Waals surface area contributed by atoms with E-state index in [9.17, 15) is 0 Å². The fourth-order valence-corrected chi connectivity index (χ4v) is 5.12. The minimum Gasteiger partial charge on any atom is -0.497 e. The third-order valence-electron chi connectivity index (χ3n) is 7.41. The highest BCUT2D eigenvalue weighted by Crippen LogP contribution is 2.34. The Hall–Kier alpha value is -3.69. The van der Waals surface area contributed by atoms with E-state index in [2.05, 4.69) is 63.1 Å². The highest BCUT2D eigenvalue weighted by atomic mass is 16.5. The molecule has 1 saturated heterocycles. The van der Waals surface area contributed by atoms with Gasteiger partial charge >= 0.3 is 0 Å². The van der Waals surface area contributed by atoms with Crippen molar-refractivity contribution in [3.05, 3.63) is 55.0 Å². The molecule has 4 aromatic rings. The van der Waals surface area contributed by atoms with Crippen LogP contribution in [-0.2, 0) is 7.05 Å². The number of rotatable bonds is 9. The summed E-state index contributed by atoms with van der Waals surface area (Å²) in [5, 5.41) is 4.28. The lowest BCUT2D eigenvalue weighted by Crippen LogP contribution is -2.44. The molecule has 0 unspecified atom stereocenters. The Morgan fingerprint density at radius 1 is 0.921 bits per heavy atom. The van der Waals surface area contributed by atoms with Crippen molar-refractivity contribution in [3.8, 4) is 22.8 Å². The number of fused-ring (bicyclic) bond motifs is 1. The first-order valence-corrected chi connectivity index (χ1v) is 13.1. The van der Waals surface area contributed by atoms with Crippen LogP contribution in [0.1, 0.15) is 12.8 Å². The third kappa shape index (κ3) is 5.74. The Balaban J connectivity index is 1.47. The largest absolute Gasteiger partial charge is 0.497 e. The van der Waals surface area contributed by atoms with Crippen LogP contribution in [0.15, 0.2) is 55.0 Å². The molecule has 9 nitrogen and oxygen atoms in total. The first-order valence-electron chi connectivity index (χ1n) is 13.1. The first-order chi connectivity index (χ1) is 18.4. The van der Waals surface area contributed by atoms with E-state index < -0.39 is 0 Å². The van der Waals surface area contributed by atoms with Crippen LogP contribution >= 0.6 is 0 Å². The summed E-state index contributed by atoms with van der Waals surface area (Å²) in [6, 6.07) is 13.0. The number of anilines is 2. The van der Waals surface area contributed by atoms with Crippen LogP contribution in [0.3, 0.4) is 0 Å². The molecule has 1 fully saturated rings. The minimum absolute atomic E-state index is 0.665. The fraction of sp³-hybridized carbons (Fsp3) is 0.414. The maximum absolute atomic E-state index is 5.60. The van der Waals surface area contributed by atoms with E-state index in [0.29, 0.717) is 6.04 Å². The number of piperidine rings is 1. The maximum atomic E-state index is 5.60. The predicted molar refractivity (Wildman–Crippen MR) is 151 cm³/mol. The Morgan fingerprint density at radius 2 is 1.66 bits per heavy atom. The lowest BCUT2D eigenvalue weighted by atomic mass is 10.0. The van der Waals surface area contributed by atoms with Crippen molar-refractivity contribution < 1.29 is 9.47 Å². The standard InChI is InChI=1S/C29H37N7O2/c1-33(2)22-8-10-35(11-9-22)12-13-36(24-14-25(37-4)17-26(15-24)38-5)23-6-7-27-28(16-23)32-29(19-30-27)21-18-31-34(3)20-21/h6-7,14-20,22H,8-13H2,1-5H3. The van der Waals surface area contributed by atoms with Crippen molar-refractivity contribution >= 4 is 22.4 Å². The lowest BCUT2D eigenvalue weighted by Gasteiger charge is -2.36. The topological polar surface area (TPSA) is 71.8 Å². The van der Waals surface area contributed by atoms with Gasteiger partial charge < -0.3 is 24.2 Å². The molecule has 5 rings (SSSR count). The third-order valence-corrected chi connectivity index (χ3v) is 7.41. The van der Waals surface area contributed by atoms with Gasteiger partial charge in [-0.05, 0) is 58.2 Å². The van der Waals surface area contributed by atoms with Crippen LogP contribution < -0.4 is 14.4 Å². The molecule has 2 aromatic heterocycles. The minimum atomic E-state index is 0.665. The number of benzene rings is 2. The summed E-state index contributed by atoms with van der Waals surface area (Å²) in [5.41, 5.74) is 5.52. The van der Waals surface area contributed by atoms with Gasteiger partial charge in [-0.1, -0.05) is 0 Å². The van der Waals surface area contributed by atoms with Gasteiger partial charge in [0.25, 0.3) is 0 Å². The highest BCUT2D eigenvalue weighted by molar-refractivity contribution is 5.82. The van der Waals surface area contributed by atoms with Gasteiger partial charge in [0.15, 0.2) is 0 Å². The zero-order chi connectivity index (χ0) is 26.6. The monoisotopic (exact) mass is 515 g/mol. The molecule has 3 heterocycles. The van der Waals surface area contributed by atoms with Crippen LogP contribution in [0.25, 0.3) is 22.3 Å². The van der Waals surface area contributed by atoms with Gasteiger partial charge in [-0.25, -0.2) is 4.98 Å². The predicted octanol–water partition coefficient (Wildman–Crippen LogP) is 4.21. The molecular formula is C29H37N7O2. The van der Waals surface area contributed by atoms with Gasteiger partial charge in [-0.3, -0.25) is 9.67 Å². The molecular weight excluding hydrogens is 478 g/mol. The van der Waals surface area contributed by atoms with Gasteiger partial charge in [-0.2, -0.15) is 5.10 Å². The molecule has 0 atom stereocenters. The zero-order valence-electron chi connectivity index (χ0n) is 23.0. The average molecular weight is 516 g/mol. The molecule has 9 heteroatoms. The molecule has 0 spiro atoms. The van der Waals surface area contributed by atoms with E-state index in [-0.39, 0.29) is 0 Å². The maximum Gasteiger partial charge on any atom is 0.124 e. The van der Waals surface area contributed by atoms with Crippen LogP contribution in [0, 0.1) is 0 Å². The molecule has 0 radical (unpaired) electrons. The molecule has 1 aliphatic rings. The number of nitrogens with zero attached hydrogens (tertiary/aromatic N) is 7. The Morgan fingerprint density at radius 3 is 2.29 bits per heavy atom. The summed E-state index contributed by atoms with van der Waals surface area (Å²) < 4.78 is 13.0. The lowest BCUT2D eigenvalue weighted by molar-refractivity contribution is 0.148. The van der Waals surface area contributed by atoms with Crippen LogP contribution in [0.2, 0.25) is 0 Å². The van der Waals surface area contributed by atoms with Crippen LogP contribution in [0.5, 0.6) is 11.5 Å². The summed E-state index contributed by atoms with van der Waals surface area (Å²) in [4.78, 5) is 16.8. The van der Waals surface area contributed by atoms with Crippen LogP contribution in [0.4, 0.5) is 11.4 Å². The Bertz CT molecular complexity index is 1360. The number of hydrogen-bond acceptors (Lipinski definition) is 8. The SMILES string of the molecule is COc1cc(OC)cc(N(CCN2CCC(N(C)C)CC2)c2ccc3ncc(-c4cnn(C)c4)nc3c2)c1. The second-order valence-electron chi connectivity index (χ2n) is 10.1. The van der Waals surface area contributed by atoms with E-state index in [1.54, 1.807) is 25.1 Å². The molecule has 0 N–H and O–H groups in total. The van der Waals surface area contributed by atoms with Gasteiger partial charge in [0.1, 0.15) is 11.5 Å². The van der Waals surface area contributed by atoms with Crippen LogP contribution in [-0.4, -0.2) is 90.1 Å². The van der Waals surface area contributed by atoms with Crippen molar-refractivity contribution in [1.29, 1.82) is 0 Å². The molecule has 2 aromatic carbocycles.